The van der Waals surface area contributed by atoms with Gasteiger partial charge in [0.05, 0.1) is 0 Å². The average molecular weight is 155 g/mol. The Morgan fingerprint density at radius 3 is 2.40 bits per heavy atom. The second kappa shape index (κ2) is 4.57. The molecule has 2 aromatic heterocycles. The highest BCUT2D eigenvalue weighted by atomic mass is 32.1. The normalized spacial score (nSPS) is 8.00. The van der Waals surface area contributed by atoms with Gasteiger partial charge in [0.2, 0.25) is 0 Å². The first-order chi connectivity index (χ1) is 5.00. The number of hydrogen-bond acceptors (Lipinski definition) is 5. The molecule has 0 atom stereocenters. The molecule has 6 heteroatoms. The van der Waals surface area contributed by atoms with Crippen LogP contribution in [-0.2, 0) is 0 Å². The number of hydrogen-bond donors (Lipinski definition) is 1. The Bertz CT molecular complexity index is 153. The fraction of sp³-hybridized carbons (Fsp3) is 0. The van der Waals surface area contributed by atoms with E-state index in [1.54, 1.807) is 5.51 Å². The Kier molecular flexibility index (Phi) is 3.11. The minimum Gasteiger partial charge on any atom is -0.266 e. The molecule has 2 aromatic rings. The molecule has 0 saturated heterocycles. The summed E-state index contributed by atoms with van der Waals surface area (Å²) in [5.41, 5.74) is 1.68. The fourth-order valence-corrected chi connectivity index (χ4v) is 0.575. The maximum absolute atomic E-state index is 3.65. The molecular weight excluding hydrogens is 150 g/mol. The van der Waals surface area contributed by atoms with E-state index in [2.05, 4.69) is 24.5 Å². The van der Waals surface area contributed by atoms with Gasteiger partial charge in [-0.05, 0) is 11.5 Å². The summed E-state index contributed by atoms with van der Waals surface area (Å²) in [6.07, 6.45) is 4.48. The number of nitrogens with one attached hydrogen (secondary N) is 1. The molecule has 0 saturated carbocycles. The number of aromatic amines is 1. The summed E-state index contributed by atoms with van der Waals surface area (Å²) in [6, 6.07) is 0. The van der Waals surface area contributed by atoms with E-state index < -0.39 is 0 Å². The zero-order valence-electron chi connectivity index (χ0n) is 5.01. The van der Waals surface area contributed by atoms with Crippen LogP contribution < -0.4 is 0 Å². The first-order valence-electron chi connectivity index (χ1n) is 2.48. The first-order valence-corrected chi connectivity index (χ1v) is 3.32. The van der Waals surface area contributed by atoms with Gasteiger partial charge in [-0.15, -0.1) is 0 Å². The van der Waals surface area contributed by atoms with Crippen molar-refractivity contribution in [3.8, 4) is 0 Å². The van der Waals surface area contributed by atoms with E-state index in [0.717, 1.165) is 0 Å². The van der Waals surface area contributed by atoms with Crippen molar-refractivity contribution in [1.29, 1.82) is 0 Å². The van der Waals surface area contributed by atoms with Gasteiger partial charge in [-0.25, -0.2) is 9.97 Å². The molecule has 52 valence electrons. The lowest BCUT2D eigenvalue weighted by molar-refractivity contribution is 1.09. The minimum atomic E-state index is 1.35. The van der Waals surface area contributed by atoms with E-state index in [0.29, 0.717) is 0 Å². The van der Waals surface area contributed by atoms with Crippen LogP contribution in [0.2, 0.25) is 0 Å². The lowest BCUT2D eigenvalue weighted by Gasteiger charge is -1.46. The van der Waals surface area contributed by atoms with Crippen molar-refractivity contribution >= 4 is 11.5 Å². The zero-order valence-corrected chi connectivity index (χ0v) is 5.82. The third kappa shape index (κ3) is 2.88. The summed E-state index contributed by atoms with van der Waals surface area (Å²) >= 11 is 1.35. The maximum atomic E-state index is 3.65. The third-order valence-corrected chi connectivity index (χ3v) is 1.05. The third-order valence-electron chi connectivity index (χ3n) is 0.614. The summed E-state index contributed by atoms with van der Waals surface area (Å²) in [5, 5.41) is 5.99. The average Bonchev–Trinajstić information content (AvgIpc) is 2.67. The lowest BCUT2D eigenvalue weighted by Crippen LogP contribution is -1.53. The van der Waals surface area contributed by atoms with Gasteiger partial charge in [-0.3, -0.25) is 5.10 Å². The smallest absolute Gasteiger partial charge is 0.137 e. The molecule has 5 nitrogen and oxygen atoms in total. The van der Waals surface area contributed by atoms with Crippen molar-refractivity contribution in [1.82, 2.24) is 24.5 Å². The van der Waals surface area contributed by atoms with E-state index in [1.807, 2.05) is 0 Å². The number of rotatable bonds is 0. The molecular formula is C4H5N5S. The van der Waals surface area contributed by atoms with Gasteiger partial charge < -0.3 is 0 Å². The molecule has 0 fully saturated rings. The highest BCUT2D eigenvalue weighted by Gasteiger charge is 1.60. The molecule has 0 radical (unpaired) electrons. The van der Waals surface area contributed by atoms with Crippen LogP contribution in [0.4, 0.5) is 0 Å². The monoisotopic (exact) mass is 155 g/mol. The van der Waals surface area contributed by atoms with Crippen molar-refractivity contribution in [2.24, 2.45) is 0 Å². The van der Waals surface area contributed by atoms with Crippen LogP contribution in [0.25, 0.3) is 0 Å². The predicted octanol–water partition coefficient (Wildman–Crippen LogP) is 0.343. The molecule has 1 N–H and O–H groups in total. The van der Waals surface area contributed by atoms with Gasteiger partial charge in [0.25, 0.3) is 0 Å². The van der Waals surface area contributed by atoms with E-state index in [1.165, 1.54) is 30.5 Å². The van der Waals surface area contributed by atoms with Crippen molar-refractivity contribution < 1.29 is 0 Å². The van der Waals surface area contributed by atoms with Crippen molar-refractivity contribution in [2.75, 3.05) is 0 Å². The van der Waals surface area contributed by atoms with Crippen LogP contribution in [0.5, 0.6) is 0 Å². The Balaban J connectivity index is 0.0000001000. The van der Waals surface area contributed by atoms with E-state index >= 15 is 0 Å². The Morgan fingerprint density at radius 2 is 2.20 bits per heavy atom. The zero-order chi connectivity index (χ0) is 7.07. The summed E-state index contributed by atoms with van der Waals surface area (Å²) in [7, 11) is 0. The highest BCUT2D eigenvalue weighted by Crippen LogP contribution is 1.77. The molecule has 2 rings (SSSR count). The van der Waals surface area contributed by atoms with E-state index in [4.69, 9.17) is 0 Å². The molecule has 0 aliphatic rings. The van der Waals surface area contributed by atoms with Gasteiger partial charge in [-0.2, -0.15) is 9.47 Å². The van der Waals surface area contributed by atoms with Crippen molar-refractivity contribution in [2.45, 2.75) is 0 Å². The first kappa shape index (κ1) is 6.81. The maximum Gasteiger partial charge on any atom is 0.137 e. The Morgan fingerprint density at radius 1 is 1.20 bits per heavy atom. The molecule has 0 aliphatic carbocycles. The van der Waals surface area contributed by atoms with Gasteiger partial charge >= 0.3 is 0 Å². The molecule has 2 heterocycles. The Hall–Kier alpha value is -1.30. The summed E-state index contributed by atoms with van der Waals surface area (Å²) in [5.74, 6) is 0. The van der Waals surface area contributed by atoms with Gasteiger partial charge in [0.15, 0.2) is 0 Å². The number of nitrogens with zero attached hydrogens (tertiary/aromatic N) is 4. The summed E-state index contributed by atoms with van der Waals surface area (Å²) in [6.45, 7) is 0. The number of H-pyrrole nitrogens is 1. The summed E-state index contributed by atoms with van der Waals surface area (Å²) < 4.78 is 3.65. The van der Waals surface area contributed by atoms with Crippen LogP contribution in [0.15, 0.2) is 24.5 Å². The quantitative estimate of drug-likeness (QED) is 0.595. The van der Waals surface area contributed by atoms with Crippen LogP contribution in [0.1, 0.15) is 0 Å². The summed E-state index contributed by atoms with van der Waals surface area (Å²) in [4.78, 5) is 7.19. The van der Waals surface area contributed by atoms with Crippen LogP contribution in [0.3, 0.4) is 0 Å². The molecule has 0 amide bonds. The van der Waals surface area contributed by atoms with Crippen molar-refractivity contribution in [3.63, 3.8) is 0 Å². The second-order valence-electron chi connectivity index (χ2n) is 1.23. The fourth-order valence-electron chi connectivity index (χ4n) is 0.303. The van der Waals surface area contributed by atoms with Crippen LogP contribution >= 0.6 is 11.5 Å². The Labute approximate surface area is 61.3 Å². The predicted molar refractivity (Wildman–Crippen MR) is 36.3 cm³/mol. The lowest BCUT2D eigenvalue weighted by atomic mass is 11.3. The number of aromatic nitrogens is 5. The molecule has 0 aliphatic heterocycles. The SMILES string of the molecule is c1nc[nH]n1.c1ncsn1. The minimum absolute atomic E-state index is 1.35. The molecule has 0 unspecified atom stereocenters. The standard InChI is InChI=1S/C2H3N3.C2H2N2S/c2*1-3-2-5-4-1/h1-2H,(H,3,4,5);1-2H. The van der Waals surface area contributed by atoms with Crippen LogP contribution in [0, 0.1) is 0 Å². The molecule has 0 spiro atoms. The van der Waals surface area contributed by atoms with E-state index in [9.17, 15) is 0 Å². The van der Waals surface area contributed by atoms with Crippen molar-refractivity contribution in [3.05, 3.63) is 24.5 Å². The van der Waals surface area contributed by atoms with Gasteiger partial charge in [-0.1, -0.05) is 0 Å². The van der Waals surface area contributed by atoms with E-state index in [-0.39, 0.29) is 0 Å². The highest BCUT2D eigenvalue weighted by molar-refractivity contribution is 7.03. The molecule has 0 bridgehead atoms. The molecule has 10 heavy (non-hydrogen) atoms. The largest absolute Gasteiger partial charge is 0.266 e. The van der Waals surface area contributed by atoms with Gasteiger partial charge in [0.1, 0.15) is 24.5 Å². The second-order valence-corrected chi connectivity index (χ2v) is 1.87. The van der Waals surface area contributed by atoms with Crippen LogP contribution in [-0.4, -0.2) is 24.5 Å². The molecule has 0 aromatic carbocycles. The topological polar surface area (TPSA) is 67.3 Å². The van der Waals surface area contributed by atoms with Gasteiger partial charge in [0, 0.05) is 0 Å².